The predicted molar refractivity (Wildman–Crippen MR) is 377 cm³/mol. The summed E-state index contributed by atoms with van der Waals surface area (Å²) >= 11 is 0. The van der Waals surface area contributed by atoms with Crippen LogP contribution >= 0.6 is 7.82 Å². The van der Waals surface area contributed by atoms with Gasteiger partial charge in [0.2, 0.25) is 5.91 Å². The zero-order valence-electron chi connectivity index (χ0n) is 55.5. The number of quaternary nitrogens is 1. The molecule has 0 heterocycles. The van der Waals surface area contributed by atoms with Crippen molar-refractivity contribution < 1.29 is 32.9 Å². The molecule has 0 bridgehead atoms. The van der Waals surface area contributed by atoms with Gasteiger partial charge in [-0.3, -0.25) is 13.8 Å². The number of allylic oxidation sites excluding steroid dienone is 29. The number of phosphoric acid groups is 1. The van der Waals surface area contributed by atoms with Crippen LogP contribution in [0.15, 0.2) is 182 Å². The Morgan fingerprint density at radius 2 is 0.709 bits per heavy atom. The van der Waals surface area contributed by atoms with E-state index in [2.05, 4.69) is 189 Å². The summed E-state index contributed by atoms with van der Waals surface area (Å²) in [5.74, 6) is -0.240. The molecule has 3 unspecified atom stereocenters. The Kier molecular flexibility index (Phi) is 61.7. The van der Waals surface area contributed by atoms with Crippen LogP contribution in [0.25, 0.3) is 0 Å². The Balaban J connectivity index is 4.32. The molecule has 0 aromatic carbocycles. The van der Waals surface area contributed by atoms with Gasteiger partial charge in [-0.2, -0.15) is 0 Å². The van der Waals surface area contributed by atoms with Crippen LogP contribution in [0.5, 0.6) is 0 Å². The van der Waals surface area contributed by atoms with E-state index in [0.717, 1.165) is 116 Å². The molecule has 0 radical (unpaired) electrons. The molecule has 0 aromatic heterocycles. The van der Waals surface area contributed by atoms with Gasteiger partial charge >= 0.3 is 7.82 Å². The van der Waals surface area contributed by atoms with Gasteiger partial charge in [-0.25, -0.2) is 4.57 Å². The molecule has 0 fully saturated rings. The summed E-state index contributed by atoms with van der Waals surface area (Å²) in [4.78, 5) is 23.4. The molecule has 9 heteroatoms. The SMILES string of the molecule is CC/C=C\C/C=C\C/C=C\C/C=C\C/C=C\C/C=C\C/C=C\C/C=C\C/C=C\C/C=C\C/C=C\C/C=C\CCCCC(=O)NC(COP(=O)(O)OCC[N+](C)(C)C)C(O)/C=C/CC/C=C/CC/C=C/CCCCCCCCCCCCCCCCC. The van der Waals surface area contributed by atoms with E-state index >= 15 is 0 Å². The third-order valence-electron chi connectivity index (χ3n) is 14.1. The lowest BCUT2D eigenvalue weighted by Crippen LogP contribution is -2.45. The third-order valence-corrected chi connectivity index (χ3v) is 15.1. The van der Waals surface area contributed by atoms with E-state index in [4.69, 9.17) is 9.05 Å². The van der Waals surface area contributed by atoms with Crippen LogP contribution in [0.1, 0.15) is 245 Å². The zero-order valence-corrected chi connectivity index (χ0v) is 56.4. The van der Waals surface area contributed by atoms with Gasteiger partial charge in [0.25, 0.3) is 0 Å². The van der Waals surface area contributed by atoms with Crippen molar-refractivity contribution in [3.63, 3.8) is 0 Å². The third kappa shape index (κ3) is 67.1. The van der Waals surface area contributed by atoms with Crippen molar-refractivity contribution in [2.24, 2.45) is 0 Å². The minimum absolute atomic E-state index is 0.0347. The first-order valence-electron chi connectivity index (χ1n) is 34.2. The standard InChI is InChI=1S/C77H127N2O6P/c1-6-8-10-12-14-16-18-20-22-24-26-28-30-32-33-34-35-36-37-38-39-40-41-42-43-44-45-47-49-51-53-55-57-59-61-63-65-67-69-71-77(81)78-75(74-85-86(82,83)84-73-72-79(3,4)5)76(80)70-68-66-64-62-60-58-56-54-52-50-48-46-31-29-27-25-23-21-19-17-15-13-11-9-7-2/h8,10,14,16,20,22,26,28,32-33,35-36,38-39,41-42,44-45,49,51-52,54-55,57,60-63,68,70,75-76,80H,6-7,9,11-13,15,17-19,21,23-25,27,29-31,34,37,40,43,46-48,50,53,56,58-59,64-67,69,71-74H2,1-5H3,(H-,78,81,82,83)/p+1/b10-8-,16-14-,22-20-,28-26-,33-32-,36-35-,39-38-,42-41-,45-44-,51-49-,54-52+,57-55-,62-60+,63-61-,70-68+. The van der Waals surface area contributed by atoms with E-state index in [0.29, 0.717) is 17.4 Å². The number of aliphatic hydroxyl groups excluding tert-OH is 1. The summed E-state index contributed by atoms with van der Waals surface area (Å²) in [6.07, 6.45) is 105. The number of phosphoric ester groups is 1. The lowest BCUT2D eigenvalue weighted by molar-refractivity contribution is -0.870. The molecule has 0 rings (SSSR count). The summed E-state index contributed by atoms with van der Waals surface area (Å²) in [5.41, 5.74) is 0. The normalized spacial score (nSPS) is 14.8. The van der Waals surface area contributed by atoms with Gasteiger partial charge in [-0.15, -0.1) is 0 Å². The molecule has 486 valence electrons. The summed E-state index contributed by atoms with van der Waals surface area (Å²) < 4.78 is 23.7. The molecule has 0 saturated heterocycles. The van der Waals surface area contributed by atoms with Gasteiger partial charge in [0.1, 0.15) is 13.2 Å². The highest BCUT2D eigenvalue weighted by atomic mass is 31.2. The van der Waals surface area contributed by atoms with E-state index in [1.165, 1.54) is 103 Å². The van der Waals surface area contributed by atoms with E-state index in [1.54, 1.807) is 6.08 Å². The minimum Gasteiger partial charge on any atom is -0.387 e. The Hall–Kier alpha value is -4.40. The molecule has 0 aliphatic rings. The van der Waals surface area contributed by atoms with Crippen LogP contribution < -0.4 is 5.32 Å². The average molecular weight is 1210 g/mol. The number of hydrogen-bond donors (Lipinski definition) is 3. The maximum atomic E-state index is 13.0. The van der Waals surface area contributed by atoms with Crippen molar-refractivity contribution in [1.29, 1.82) is 0 Å². The lowest BCUT2D eigenvalue weighted by atomic mass is 10.0. The zero-order chi connectivity index (χ0) is 62.6. The van der Waals surface area contributed by atoms with Gasteiger partial charge < -0.3 is 19.8 Å². The van der Waals surface area contributed by atoms with Crippen LogP contribution in [0.4, 0.5) is 0 Å². The first-order chi connectivity index (χ1) is 42.0. The topological polar surface area (TPSA) is 105 Å². The largest absolute Gasteiger partial charge is 0.472 e. The second-order valence-electron chi connectivity index (χ2n) is 23.4. The number of likely N-dealkylation sites (N-methyl/N-ethyl adjacent to an activating group) is 1. The smallest absolute Gasteiger partial charge is 0.387 e. The van der Waals surface area contributed by atoms with Gasteiger partial charge in [-0.1, -0.05) is 286 Å². The molecule has 86 heavy (non-hydrogen) atoms. The maximum Gasteiger partial charge on any atom is 0.472 e. The molecule has 8 nitrogen and oxygen atoms in total. The first kappa shape index (κ1) is 81.6. The first-order valence-corrected chi connectivity index (χ1v) is 35.7. The van der Waals surface area contributed by atoms with Gasteiger partial charge in [0.15, 0.2) is 0 Å². The molecular formula is C77H128N2O6P+. The van der Waals surface area contributed by atoms with Crippen LogP contribution in [0.2, 0.25) is 0 Å². The van der Waals surface area contributed by atoms with Crippen molar-refractivity contribution in [3.05, 3.63) is 182 Å². The number of carbonyl (C=O) groups is 1. The number of amides is 1. The quantitative estimate of drug-likeness (QED) is 0.0243. The average Bonchev–Trinajstić information content (AvgIpc) is 3.70. The van der Waals surface area contributed by atoms with E-state index in [-0.39, 0.29) is 25.5 Å². The summed E-state index contributed by atoms with van der Waals surface area (Å²) in [6, 6.07) is -0.909. The highest BCUT2D eigenvalue weighted by Gasteiger charge is 2.27. The highest BCUT2D eigenvalue weighted by molar-refractivity contribution is 7.47. The number of nitrogens with zero attached hydrogens (tertiary/aromatic N) is 1. The molecule has 3 N–H and O–H groups in total. The molecule has 0 aliphatic carbocycles. The van der Waals surface area contributed by atoms with Crippen molar-refractivity contribution >= 4 is 13.7 Å². The number of unbranched alkanes of at least 4 members (excludes halogenated alkanes) is 19. The minimum atomic E-state index is -4.39. The van der Waals surface area contributed by atoms with E-state index in [1.807, 2.05) is 27.2 Å². The Morgan fingerprint density at radius 1 is 0.407 bits per heavy atom. The van der Waals surface area contributed by atoms with Crippen molar-refractivity contribution in [3.8, 4) is 0 Å². The van der Waals surface area contributed by atoms with E-state index in [9.17, 15) is 19.4 Å². The van der Waals surface area contributed by atoms with Crippen molar-refractivity contribution in [2.45, 2.75) is 257 Å². The lowest BCUT2D eigenvalue weighted by Gasteiger charge is -2.25. The van der Waals surface area contributed by atoms with Crippen LogP contribution in [0, 0.1) is 0 Å². The molecule has 0 spiro atoms. The summed E-state index contributed by atoms with van der Waals surface area (Å²) in [5, 5.41) is 13.9. The number of nitrogens with one attached hydrogen (secondary N) is 1. The number of carbonyl (C=O) groups excluding carboxylic acids is 1. The molecule has 0 aliphatic heterocycles. The van der Waals surface area contributed by atoms with Crippen LogP contribution in [0.3, 0.4) is 0 Å². The fourth-order valence-electron chi connectivity index (χ4n) is 8.82. The highest BCUT2D eigenvalue weighted by Crippen LogP contribution is 2.43. The van der Waals surface area contributed by atoms with Gasteiger partial charge in [0, 0.05) is 6.42 Å². The second-order valence-corrected chi connectivity index (χ2v) is 24.9. The fourth-order valence-corrected chi connectivity index (χ4v) is 9.56. The molecule has 1 amide bonds. The number of rotatable bonds is 60. The predicted octanol–water partition coefficient (Wildman–Crippen LogP) is 22.1. The fraction of sp³-hybridized carbons (Fsp3) is 0.597. The molecular weight excluding hydrogens is 1080 g/mol. The van der Waals surface area contributed by atoms with Gasteiger partial charge in [-0.05, 0) is 135 Å². The van der Waals surface area contributed by atoms with Crippen molar-refractivity contribution in [1.82, 2.24) is 5.32 Å². The van der Waals surface area contributed by atoms with Crippen molar-refractivity contribution in [2.75, 3.05) is 40.9 Å². The Bertz CT molecular complexity index is 2060. The summed E-state index contributed by atoms with van der Waals surface area (Å²) in [7, 11) is 1.49. The molecule has 0 saturated carbocycles. The number of aliphatic hydroxyl groups is 1. The molecule has 3 atom stereocenters. The molecule has 0 aromatic rings. The van der Waals surface area contributed by atoms with Crippen LogP contribution in [-0.2, 0) is 18.4 Å². The monoisotopic (exact) mass is 1210 g/mol. The van der Waals surface area contributed by atoms with Gasteiger partial charge in [0.05, 0.1) is 39.9 Å². The van der Waals surface area contributed by atoms with E-state index < -0.39 is 20.0 Å². The Labute approximate surface area is 529 Å². The number of hydrogen-bond acceptors (Lipinski definition) is 5. The Morgan fingerprint density at radius 3 is 1.07 bits per heavy atom. The second kappa shape index (κ2) is 65.1. The van der Waals surface area contributed by atoms with Crippen LogP contribution in [-0.4, -0.2) is 73.4 Å². The maximum absolute atomic E-state index is 13.0. The summed E-state index contributed by atoms with van der Waals surface area (Å²) in [6.45, 7) is 4.63.